The van der Waals surface area contributed by atoms with E-state index < -0.39 is 11.9 Å². The number of hydrogen-bond acceptors (Lipinski definition) is 3. The fourth-order valence-electron chi connectivity index (χ4n) is 2.91. The van der Waals surface area contributed by atoms with Crippen LogP contribution < -0.4 is 10.6 Å². The van der Waals surface area contributed by atoms with Crippen LogP contribution >= 0.6 is 0 Å². The molecule has 1 saturated carbocycles. The van der Waals surface area contributed by atoms with Crippen molar-refractivity contribution in [3.05, 3.63) is 0 Å². The number of carbonyl (C=O) groups excluding carboxylic acids is 2. The number of aliphatic carboxylic acids is 1. The monoisotopic (exact) mass is 312 g/mol. The average molecular weight is 312 g/mol. The van der Waals surface area contributed by atoms with Crippen molar-refractivity contribution in [1.29, 1.82) is 0 Å². The third-order valence-corrected chi connectivity index (χ3v) is 4.13. The van der Waals surface area contributed by atoms with Crippen molar-refractivity contribution in [3.8, 4) is 0 Å². The van der Waals surface area contributed by atoms with E-state index in [1.54, 1.807) is 0 Å². The second kappa shape index (κ2) is 10.2. The normalized spacial score (nSPS) is 21.7. The first kappa shape index (κ1) is 18.5. The highest BCUT2D eigenvalue weighted by molar-refractivity contribution is 5.78. The molecule has 1 fully saturated rings. The maximum absolute atomic E-state index is 12.0. The van der Waals surface area contributed by atoms with Crippen molar-refractivity contribution in [1.82, 2.24) is 10.6 Å². The molecule has 126 valence electrons. The molecular weight excluding hydrogens is 284 g/mol. The number of nitrogens with one attached hydrogen (secondary N) is 2. The summed E-state index contributed by atoms with van der Waals surface area (Å²) in [6, 6.07) is -0.230. The van der Waals surface area contributed by atoms with Gasteiger partial charge in [-0.25, -0.2) is 0 Å². The lowest BCUT2D eigenvalue weighted by Gasteiger charge is -2.22. The molecule has 6 heteroatoms. The van der Waals surface area contributed by atoms with Crippen LogP contribution in [0.1, 0.15) is 64.7 Å². The Morgan fingerprint density at radius 3 is 2.45 bits per heavy atom. The van der Waals surface area contributed by atoms with Gasteiger partial charge in [-0.1, -0.05) is 25.7 Å². The van der Waals surface area contributed by atoms with Gasteiger partial charge in [0, 0.05) is 25.9 Å². The molecule has 0 aliphatic heterocycles. The van der Waals surface area contributed by atoms with E-state index in [0.717, 1.165) is 44.9 Å². The smallest absolute Gasteiger partial charge is 0.308 e. The van der Waals surface area contributed by atoms with Gasteiger partial charge >= 0.3 is 5.97 Å². The first-order valence-electron chi connectivity index (χ1n) is 8.27. The van der Waals surface area contributed by atoms with Crippen LogP contribution in [0.25, 0.3) is 0 Å². The summed E-state index contributed by atoms with van der Waals surface area (Å²) < 4.78 is 0. The Labute approximate surface area is 132 Å². The molecule has 2 amide bonds. The van der Waals surface area contributed by atoms with Crippen LogP contribution in [0.5, 0.6) is 0 Å². The third kappa shape index (κ3) is 7.43. The van der Waals surface area contributed by atoms with E-state index in [9.17, 15) is 19.5 Å². The minimum atomic E-state index is -0.803. The number of carboxylic acid groups (broad SMARTS) is 1. The number of hydrogen-bond donors (Lipinski definition) is 3. The summed E-state index contributed by atoms with van der Waals surface area (Å²) in [6.07, 6.45) is 7.26. The Bertz CT molecular complexity index is 384. The topological polar surface area (TPSA) is 95.5 Å². The van der Waals surface area contributed by atoms with Gasteiger partial charge < -0.3 is 15.7 Å². The highest BCUT2D eigenvalue weighted by Crippen LogP contribution is 2.24. The first-order chi connectivity index (χ1) is 10.5. The zero-order chi connectivity index (χ0) is 16.4. The quantitative estimate of drug-likeness (QED) is 0.470. The first-order valence-corrected chi connectivity index (χ1v) is 8.27. The second-order valence-electron chi connectivity index (χ2n) is 6.05. The molecule has 0 saturated heterocycles. The van der Waals surface area contributed by atoms with E-state index in [4.69, 9.17) is 0 Å². The zero-order valence-electron chi connectivity index (χ0n) is 13.4. The molecule has 0 unspecified atom stereocenters. The van der Waals surface area contributed by atoms with E-state index in [2.05, 4.69) is 10.6 Å². The maximum atomic E-state index is 12.0. The van der Waals surface area contributed by atoms with Crippen LogP contribution in [-0.4, -0.2) is 35.5 Å². The lowest BCUT2D eigenvalue weighted by atomic mass is 9.94. The van der Waals surface area contributed by atoms with Crippen LogP contribution in [0.2, 0.25) is 0 Å². The van der Waals surface area contributed by atoms with Crippen LogP contribution in [0, 0.1) is 5.92 Å². The Morgan fingerprint density at radius 1 is 1.05 bits per heavy atom. The molecule has 1 aliphatic carbocycles. The molecule has 0 aromatic rings. The summed E-state index contributed by atoms with van der Waals surface area (Å²) in [6.45, 7) is 2.12. The molecule has 1 rings (SSSR count). The van der Waals surface area contributed by atoms with Gasteiger partial charge in [0.15, 0.2) is 0 Å². The molecule has 0 radical (unpaired) electrons. The predicted octanol–water partition coefficient (Wildman–Crippen LogP) is 1.83. The predicted molar refractivity (Wildman–Crippen MR) is 83.3 cm³/mol. The fraction of sp³-hybridized carbons (Fsp3) is 0.812. The molecule has 0 heterocycles. The summed E-state index contributed by atoms with van der Waals surface area (Å²) in [7, 11) is 0. The molecule has 0 aromatic carbocycles. The summed E-state index contributed by atoms with van der Waals surface area (Å²) in [4.78, 5) is 34.0. The van der Waals surface area contributed by atoms with Gasteiger partial charge in [0.2, 0.25) is 11.8 Å². The number of rotatable bonds is 8. The lowest BCUT2D eigenvalue weighted by Crippen LogP contribution is -2.42. The number of carboxylic acids is 1. The molecule has 0 spiro atoms. The largest absolute Gasteiger partial charge is 0.481 e. The zero-order valence-corrected chi connectivity index (χ0v) is 13.4. The molecular formula is C16H28N2O4. The van der Waals surface area contributed by atoms with Gasteiger partial charge in [-0.3, -0.25) is 14.4 Å². The van der Waals surface area contributed by atoms with Crippen molar-refractivity contribution in [2.75, 3.05) is 6.54 Å². The molecule has 3 N–H and O–H groups in total. The van der Waals surface area contributed by atoms with Crippen molar-refractivity contribution in [2.45, 2.75) is 70.8 Å². The van der Waals surface area contributed by atoms with Gasteiger partial charge in [0.25, 0.3) is 0 Å². The van der Waals surface area contributed by atoms with Gasteiger partial charge in [-0.05, 0) is 25.7 Å². The van der Waals surface area contributed by atoms with Gasteiger partial charge in [-0.15, -0.1) is 0 Å². The summed E-state index contributed by atoms with van der Waals surface area (Å²) in [5.41, 5.74) is 0. The minimum Gasteiger partial charge on any atom is -0.481 e. The molecule has 2 atom stereocenters. The lowest BCUT2D eigenvalue weighted by molar-refractivity contribution is -0.143. The van der Waals surface area contributed by atoms with Crippen molar-refractivity contribution in [2.24, 2.45) is 5.92 Å². The fourth-order valence-corrected chi connectivity index (χ4v) is 2.91. The Balaban J connectivity index is 2.24. The van der Waals surface area contributed by atoms with Gasteiger partial charge in [0.05, 0.1) is 5.92 Å². The highest BCUT2D eigenvalue weighted by Gasteiger charge is 2.30. The molecule has 0 aromatic heterocycles. The van der Waals surface area contributed by atoms with E-state index in [1.165, 1.54) is 6.92 Å². The summed E-state index contributed by atoms with van der Waals surface area (Å²) >= 11 is 0. The van der Waals surface area contributed by atoms with E-state index in [0.29, 0.717) is 19.4 Å². The van der Waals surface area contributed by atoms with E-state index in [-0.39, 0.29) is 17.9 Å². The van der Waals surface area contributed by atoms with Crippen LogP contribution in [0.15, 0.2) is 0 Å². The number of amides is 2. The minimum absolute atomic E-state index is 0.0363. The highest BCUT2D eigenvalue weighted by atomic mass is 16.4. The Hall–Kier alpha value is -1.59. The summed E-state index contributed by atoms with van der Waals surface area (Å²) in [5.74, 6) is -1.35. The number of carbonyl (C=O) groups is 3. The third-order valence-electron chi connectivity index (χ3n) is 4.13. The van der Waals surface area contributed by atoms with E-state index >= 15 is 0 Å². The number of unbranched alkanes of at least 4 members (excludes halogenated alkanes) is 2. The van der Waals surface area contributed by atoms with Crippen LogP contribution in [0.3, 0.4) is 0 Å². The Kier molecular flexibility index (Phi) is 8.55. The van der Waals surface area contributed by atoms with Crippen molar-refractivity contribution in [3.63, 3.8) is 0 Å². The van der Waals surface area contributed by atoms with Crippen LogP contribution in [-0.2, 0) is 14.4 Å². The summed E-state index contributed by atoms with van der Waals surface area (Å²) in [5, 5.41) is 14.9. The molecule has 0 bridgehead atoms. The van der Waals surface area contributed by atoms with Gasteiger partial charge in [0.1, 0.15) is 0 Å². The molecule has 22 heavy (non-hydrogen) atoms. The second-order valence-corrected chi connectivity index (χ2v) is 6.05. The van der Waals surface area contributed by atoms with Crippen LogP contribution in [0.4, 0.5) is 0 Å². The average Bonchev–Trinajstić information content (AvgIpc) is 2.67. The molecule has 1 aliphatic rings. The Morgan fingerprint density at radius 2 is 1.77 bits per heavy atom. The van der Waals surface area contributed by atoms with Crippen molar-refractivity contribution >= 4 is 17.8 Å². The maximum Gasteiger partial charge on any atom is 0.308 e. The van der Waals surface area contributed by atoms with Crippen molar-refractivity contribution < 1.29 is 19.5 Å². The standard InChI is InChI=1S/C16H28N2O4/c1-12(19)17-11-7-3-6-10-15(20)18-14-9-5-2-4-8-13(14)16(21)22/h13-14H,2-11H2,1H3,(H,17,19)(H,18,20)(H,21,22)/t13-,14+/m1/s1. The van der Waals surface area contributed by atoms with Gasteiger partial charge in [-0.2, -0.15) is 0 Å². The van der Waals surface area contributed by atoms with E-state index in [1.807, 2.05) is 0 Å². The molecule has 6 nitrogen and oxygen atoms in total. The SMILES string of the molecule is CC(=O)NCCCCCC(=O)N[C@H]1CCCCC[C@H]1C(=O)O.